The molecule has 0 spiro atoms. The van der Waals surface area contributed by atoms with Gasteiger partial charge < -0.3 is 0 Å². The molecule has 0 aromatic rings. The van der Waals surface area contributed by atoms with E-state index in [1.54, 1.807) is 0 Å². The zero-order valence-corrected chi connectivity index (χ0v) is 7.86. The van der Waals surface area contributed by atoms with Gasteiger partial charge in [0.05, 0.1) is 0 Å². The quantitative estimate of drug-likeness (QED) is 0.609. The van der Waals surface area contributed by atoms with E-state index in [-0.39, 0.29) is 11.1 Å². The van der Waals surface area contributed by atoms with Gasteiger partial charge in [-0.1, -0.05) is 34.8 Å². The first-order valence-electron chi connectivity index (χ1n) is 1.77. The molecule has 0 aliphatic heterocycles. The molecule has 0 N–H and O–H groups in total. The normalized spacial score (nSPS) is 11.3. The average Bonchev–Trinajstić information content (AvgIpc) is 1.21. The fraction of sp³-hybridized carbons (Fsp3) is 1.00. The summed E-state index contributed by atoms with van der Waals surface area (Å²) in [5, 5.41) is 0. The Morgan fingerprint density at radius 1 is 1.11 bits per heavy atom. The molecule has 0 saturated heterocycles. The molecular formula is C3H4Cl5F. The molecule has 0 atom stereocenters. The lowest BCUT2D eigenvalue weighted by Crippen LogP contribution is -2.06. The Bertz CT molecular complexity index is 67.1. The Morgan fingerprint density at radius 3 is 1.44 bits per heavy atom. The van der Waals surface area contributed by atoms with Crippen molar-refractivity contribution in [2.75, 3.05) is 0 Å². The van der Waals surface area contributed by atoms with Crippen LogP contribution in [0.2, 0.25) is 0 Å². The van der Waals surface area contributed by atoms with E-state index in [4.69, 9.17) is 58.0 Å². The van der Waals surface area contributed by atoms with E-state index in [2.05, 4.69) is 0 Å². The van der Waals surface area contributed by atoms with E-state index in [0.29, 0.717) is 0 Å². The molecule has 0 heterocycles. The van der Waals surface area contributed by atoms with Gasteiger partial charge in [0.15, 0.2) is 3.79 Å². The van der Waals surface area contributed by atoms with E-state index < -0.39 is 8.63 Å². The molecule has 0 fully saturated rings. The average molecular weight is 236 g/mol. The number of hydrogen-bond acceptors (Lipinski definition) is 0. The second-order valence-corrected chi connectivity index (χ2v) is 5.00. The summed E-state index contributed by atoms with van der Waals surface area (Å²) in [5.74, 6) is 0. The van der Waals surface area contributed by atoms with Crippen LogP contribution in [0.3, 0.4) is 0 Å². The van der Waals surface area contributed by atoms with Gasteiger partial charge >= 0.3 is 0 Å². The molecule has 0 aliphatic carbocycles. The minimum Gasteiger partial charge on any atom is -0.269 e. The largest absolute Gasteiger partial charge is 0.269 e. The van der Waals surface area contributed by atoms with Crippen LogP contribution in [0.4, 0.5) is 4.70 Å². The minimum atomic E-state index is -1.33. The molecule has 0 aromatic heterocycles. The molecule has 0 amide bonds. The van der Waals surface area contributed by atoms with Crippen molar-refractivity contribution in [3.8, 4) is 0 Å². The summed E-state index contributed by atoms with van der Waals surface area (Å²) < 4.78 is -1.33. The molecule has 0 bridgehead atoms. The van der Waals surface area contributed by atoms with Gasteiger partial charge in [0, 0.05) is 6.42 Å². The lowest BCUT2D eigenvalue weighted by molar-refractivity contribution is 0.938. The first-order valence-corrected chi connectivity index (χ1v) is 3.77. The first kappa shape index (κ1) is 13.0. The van der Waals surface area contributed by atoms with Crippen LogP contribution in [0.15, 0.2) is 0 Å². The fourth-order valence-corrected chi connectivity index (χ4v) is 1.57. The summed E-state index contributed by atoms with van der Waals surface area (Å²) in [6.45, 7) is 0. The summed E-state index contributed by atoms with van der Waals surface area (Å²) in [4.78, 5) is -0.609. The Balaban J connectivity index is 0. The third-order valence-electron chi connectivity index (χ3n) is 0.386. The second kappa shape index (κ2) is 5.09. The van der Waals surface area contributed by atoms with Gasteiger partial charge in [-0.15, -0.1) is 23.2 Å². The Hall–Kier alpha value is 1.38. The summed E-state index contributed by atoms with van der Waals surface area (Å²) in [5.41, 5.74) is 0. The van der Waals surface area contributed by atoms with Crippen LogP contribution in [0.25, 0.3) is 0 Å². The van der Waals surface area contributed by atoms with Crippen molar-refractivity contribution in [1.82, 2.24) is 0 Å². The van der Waals surface area contributed by atoms with E-state index in [9.17, 15) is 0 Å². The summed E-state index contributed by atoms with van der Waals surface area (Å²) in [6.07, 6.45) is 0.154. The molecule has 0 radical (unpaired) electrons. The number of alkyl halides is 5. The minimum absolute atomic E-state index is 0. The third-order valence-corrected chi connectivity index (χ3v) is 1.16. The smallest absolute Gasteiger partial charge is 0.193 e. The molecule has 6 heteroatoms. The Morgan fingerprint density at radius 2 is 1.44 bits per heavy atom. The molecule has 0 nitrogen and oxygen atoms in total. The molecule has 0 unspecified atom stereocenters. The molecular weight excluding hydrogens is 232 g/mol. The molecule has 0 saturated carbocycles. The van der Waals surface area contributed by atoms with Gasteiger partial charge in [-0.3, -0.25) is 4.70 Å². The summed E-state index contributed by atoms with van der Waals surface area (Å²) in [7, 11) is 0. The van der Waals surface area contributed by atoms with Crippen molar-refractivity contribution in [2.45, 2.75) is 15.0 Å². The van der Waals surface area contributed by atoms with E-state index in [0.717, 1.165) is 0 Å². The summed E-state index contributed by atoms with van der Waals surface area (Å²) >= 11 is 26.4. The van der Waals surface area contributed by atoms with Crippen LogP contribution in [0, 0.1) is 0 Å². The van der Waals surface area contributed by atoms with Crippen molar-refractivity contribution in [3.63, 3.8) is 0 Å². The highest BCUT2D eigenvalue weighted by atomic mass is 35.6. The van der Waals surface area contributed by atoms with Gasteiger partial charge in [0.2, 0.25) is 0 Å². The highest BCUT2D eigenvalue weighted by Crippen LogP contribution is 2.33. The van der Waals surface area contributed by atoms with Gasteiger partial charge in [0.25, 0.3) is 0 Å². The number of halogens is 6. The van der Waals surface area contributed by atoms with Crippen LogP contribution in [0.1, 0.15) is 6.42 Å². The molecule has 58 valence electrons. The predicted octanol–water partition coefficient (Wildman–Crippen LogP) is 3.70. The van der Waals surface area contributed by atoms with Gasteiger partial charge in [-0.2, -0.15) is 0 Å². The van der Waals surface area contributed by atoms with Crippen LogP contribution in [-0.2, 0) is 0 Å². The monoisotopic (exact) mass is 234 g/mol. The van der Waals surface area contributed by atoms with Crippen molar-refractivity contribution in [2.24, 2.45) is 0 Å². The van der Waals surface area contributed by atoms with Crippen molar-refractivity contribution >= 4 is 58.0 Å². The van der Waals surface area contributed by atoms with Gasteiger partial charge in [-0.05, 0) is 0 Å². The number of hydrogen-bond donors (Lipinski definition) is 0. The van der Waals surface area contributed by atoms with Gasteiger partial charge in [-0.25, -0.2) is 0 Å². The molecule has 0 aliphatic rings. The fourth-order valence-electron chi connectivity index (χ4n) is 0.175. The Labute approximate surface area is 77.7 Å². The maximum Gasteiger partial charge on any atom is 0.193 e. The maximum atomic E-state index is 5.29. The second-order valence-electron chi connectivity index (χ2n) is 1.21. The highest BCUT2D eigenvalue weighted by molar-refractivity contribution is 6.68. The Kier molecular flexibility index (Phi) is 7.35. The van der Waals surface area contributed by atoms with Crippen LogP contribution in [0.5, 0.6) is 0 Å². The highest BCUT2D eigenvalue weighted by Gasteiger charge is 2.22. The SMILES string of the molecule is ClC(Cl)CC(Cl)(Cl)Cl.F. The summed E-state index contributed by atoms with van der Waals surface area (Å²) in [6, 6.07) is 0. The van der Waals surface area contributed by atoms with Crippen molar-refractivity contribution in [3.05, 3.63) is 0 Å². The lowest BCUT2D eigenvalue weighted by atomic mass is 10.5. The van der Waals surface area contributed by atoms with Crippen LogP contribution in [-0.4, -0.2) is 8.63 Å². The standard InChI is InChI=1S/C3H3Cl5.FH/c4-2(5)1-3(6,7)8;/h2H,1H2;1H. The molecule has 0 rings (SSSR count). The van der Waals surface area contributed by atoms with E-state index in [1.165, 1.54) is 0 Å². The first-order chi connectivity index (χ1) is 3.42. The molecule has 0 aromatic carbocycles. The number of rotatable bonds is 1. The van der Waals surface area contributed by atoms with Gasteiger partial charge in [0.1, 0.15) is 4.84 Å². The maximum absolute atomic E-state index is 5.29. The predicted molar refractivity (Wildman–Crippen MR) is 42.9 cm³/mol. The molecule has 9 heavy (non-hydrogen) atoms. The van der Waals surface area contributed by atoms with E-state index >= 15 is 0 Å². The topological polar surface area (TPSA) is 0 Å². The zero-order chi connectivity index (χ0) is 6.78. The lowest BCUT2D eigenvalue weighted by Gasteiger charge is -2.09. The van der Waals surface area contributed by atoms with Crippen molar-refractivity contribution in [1.29, 1.82) is 0 Å². The van der Waals surface area contributed by atoms with Crippen LogP contribution < -0.4 is 0 Å². The zero-order valence-electron chi connectivity index (χ0n) is 4.08. The third kappa shape index (κ3) is 12.6. The van der Waals surface area contributed by atoms with Crippen molar-refractivity contribution < 1.29 is 4.70 Å². The van der Waals surface area contributed by atoms with E-state index in [1.807, 2.05) is 0 Å². The van der Waals surface area contributed by atoms with Crippen LogP contribution >= 0.6 is 58.0 Å².